The molecule has 0 bridgehead atoms. The number of benzene rings is 6. The van der Waals surface area contributed by atoms with Crippen LogP contribution in [-0.2, 0) is 0 Å². The van der Waals surface area contributed by atoms with Gasteiger partial charge in [-0.1, -0.05) is 145 Å². The van der Waals surface area contributed by atoms with E-state index in [-0.39, 0.29) is 6.04 Å². The number of hydrogen-bond acceptors (Lipinski definition) is 2. The molecule has 2 nitrogen and oxygen atoms in total. The van der Waals surface area contributed by atoms with Gasteiger partial charge in [0.15, 0.2) is 0 Å². The van der Waals surface area contributed by atoms with E-state index in [4.69, 9.17) is 0 Å². The van der Waals surface area contributed by atoms with Crippen LogP contribution >= 0.6 is 0 Å². The molecule has 2 unspecified atom stereocenters. The first kappa shape index (κ1) is 31.7. The van der Waals surface area contributed by atoms with Crippen molar-refractivity contribution in [3.8, 4) is 11.1 Å². The second kappa shape index (κ2) is 13.4. The molecule has 8 rings (SSSR count). The molecule has 0 amide bonds. The normalized spacial score (nSPS) is 17.1. The SMILES string of the molecule is CC1=CCC(N(c2ccc(C)cc2)c2c3ccccc3c(N(C3=CCC(C)C=C3)c3ccc(C)cc3)c3ccc(-c4ccccc4)cc23)C=C1. The van der Waals surface area contributed by atoms with Crippen molar-refractivity contribution < 1.29 is 0 Å². The van der Waals surface area contributed by atoms with Crippen molar-refractivity contribution in [2.75, 3.05) is 9.80 Å². The number of allylic oxidation sites excluding steroid dienone is 5. The van der Waals surface area contributed by atoms with E-state index in [0.717, 1.165) is 12.8 Å². The number of rotatable bonds is 7. The fourth-order valence-electron chi connectivity index (χ4n) is 7.53. The molecule has 0 fully saturated rings. The van der Waals surface area contributed by atoms with E-state index < -0.39 is 0 Å². The molecule has 0 N–H and O–H groups in total. The molecule has 0 aliphatic heterocycles. The molecule has 0 aromatic heterocycles. The lowest BCUT2D eigenvalue weighted by Gasteiger charge is -2.37. The highest BCUT2D eigenvalue weighted by molar-refractivity contribution is 6.22. The lowest BCUT2D eigenvalue weighted by molar-refractivity contribution is 0.728. The summed E-state index contributed by atoms with van der Waals surface area (Å²) in [6.07, 6.45) is 16.1. The molecule has 6 aromatic carbocycles. The molecule has 246 valence electrons. The van der Waals surface area contributed by atoms with E-state index in [0.29, 0.717) is 5.92 Å². The highest BCUT2D eigenvalue weighted by atomic mass is 15.2. The Morgan fingerprint density at radius 2 is 1.16 bits per heavy atom. The van der Waals surface area contributed by atoms with Crippen LogP contribution < -0.4 is 9.80 Å². The fourth-order valence-corrected chi connectivity index (χ4v) is 7.53. The lowest BCUT2D eigenvalue weighted by atomic mass is 9.91. The highest BCUT2D eigenvalue weighted by Gasteiger charge is 2.28. The predicted octanol–water partition coefficient (Wildman–Crippen LogP) is 13.3. The smallest absolute Gasteiger partial charge is 0.0619 e. The van der Waals surface area contributed by atoms with Crippen LogP contribution in [0.4, 0.5) is 22.7 Å². The van der Waals surface area contributed by atoms with Crippen LogP contribution in [0.1, 0.15) is 37.8 Å². The summed E-state index contributed by atoms with van der Waals surface area (Å²) in [7, 11) is 0. The third-order valence-electron chi connectivity index (χ3n) is 10.3. The molecule has 0 saturated heterocycles. The van der Waals surface area contributed by atoms with Crippen molar-refractivity contribution in [1.29, 1.82) is 0 Å². The molecule has 0 radical (unpaired) electrons. The minimum atomic E-state index is 0.165. The Kier molecular flexibility index (Phi) is 8.46. The molecule has 6 aromatic rings. The third-order valence-corrected chi connectivity index (χ3v) is 10.3. The first-order valence-corrected chi connectivity index (χ1v) is 17.9. The number of nitrogens with zero attached hydrogens (tertiary/aromatic N) is 2. The van der Waals surface area contributed by atoms with Gasteiger partial charge in [-0.25, -0.2) is 0 Å². The van der Waals surface area contributed by atoms with Gasteiger partial charge in [-0.15, -0.1) is 0 Å². The van der Waals surface area contributed by atoms with Gasteiger partial charge in [0.05, 0.1) is 17.4 Å². The Morgan fingerprint density at radius 3 is 1.80 bits per heavy atom. The zero-order valence-electron chi connectivity index (χ0n) is 29.5. The Morgan fingerprint density at radius 1 is 0.520 bits per heavy atom. The second-order valence-electron chi connectivity index (χ2n) is 14.1. The highest BCUT2D eigenvalue weighted by Crippen LogP contribution is 2.50. The first-order chi connectivity index (χ1) is 24.4. The zero-order valence-corrected chi connectivity index (χ0v) is 29.5. The van der Waals surface area contributed by atoms with Crippen molar-refractivity contribution in [1.82, 2.24) is 0 Å². The maximum absolute atomic E-state index is 2.60. The largest absolute Gasteiger partial charge is 0.333 e. The van der Waals surface area contributed by atoms with Gasteiger partial charge in [0.1, 0.15) is 0 Å². The number of aryl methyl sites for hydroxylation is 2. The van der Waals surface area contributed by atoms with Crippen molar-refractivity contribution in [3.05, 3.63) is 180 Å². The summed E-state index contributed by atoms with van der Waals surface area (Å²) in [6.45, 7) is 8.82. The van der Waals surface area contributed by atoms with Crippen LogP contribution in [0.2, 0.25) is 0 Å². The monoisotopic (exact) mass is 648 g/mol. The Labute approximate surface area is 297 Å². The number of anilines is 4. The minimum Gasteiger partial charge on any atom is -0.333 e. The maximum Gasteiger partial charge on any atom is 0.0619 e. The predicted molar refractivity (Wildman–Crippen MR) is 216 cm³/mol. The number of fused-ring (bicyclic) bond motifs is 2. The first-order valence-electron chi connectivity index (χ1n) is 17.9. The van der Waals surface area contributed by atoms with Gasteiger partial charge in [-0.05, 0) is 87.1 Å². The average molecular weight is 649 g/mol. The zero-order chi connectivity index (χ0) is 34.2. The molecule has 2 heteroatoms. The molecule has 0 saturated carbocycles. The molecule has 2 aliphatic rings. The van der Waals surface area contributed by atoms with E-state index >= 15 is 0 Å². The Hall–Kier alpha value is -5.60. The fraction of sp³-hybridized carbons (Fsp3) is 0.167. The summed E-state index contributed by atoms with van der Waals surface area (Å²) < 4.78 is 0. The van der Waals surface area contributed by atoms with Gasteiger partial charge in [-0.2, -0.15) is 0 Å². The van der Waals surface area contributed by atoms with Crippen molar-refractivity contribution in [2.24, 2.45) is 5.92 Å². The molecule has 0 heterocycles. The van der Waals surface area contributed by atoms with Gasteiger partial charge >= 0.3 is 0 Å². The van der Waals surface area contributed by atoms with E-state index in [1.807, 2.05) is 0 Å². The van der Waals surface area contributed by atoms with E-state index in [2.05, 4.69) is 195 Å². The van der Waals surface area contributed by atoms with Crippen LogP contribution in [-0.4, -0.2) is 6.04 Å². The van der Waals surface area contributed by atoms with Gasteiger partial charge in [0.25, 0.3) is 0 Å². The lowest BCUT2D eigenvalue weighted by Crippen LogP contribution is -2.30. The van der Waals surface area contributed by atoms with Crippen molar-refractivity contribution in [3.63, 3.8) is 0 Å². The van der Waals surface area contributed by atoms with Crippen LogP contribution in [0, 0.1) is 19.8 Å². The quantitative estimate of drug-likeness (QED) is 0.126. The maximum atomic E-state index is 2.60. The van der Waals surface area contributed by atoms with Crippen molar-refractivity contribution in [2.45, 2.75) is 46.6 Å². The summed E-state index contributed by atoms with van der Waals surface area (Å²) in [6, 6.07) is 45.2. The van der Waals surface area contributed by atoms with Crippen LogP contribution in [0.15, 0.2) is 169 Å². The van der Waals surface area contributed by atoms with Crippen molar-refractivity contribution >= 4 is 44.3 Å². The molecular weight excluding hydrogens is 605 g/mol. The van der Waals surface area contributed by atoms with Gasteiger partial charge in [0, 0.05) is 38.6 Å². The second-order valence-corrected chi connectivity index (χ2v) is 14.1. The van der Waals surface area contributed by atoms with Crippen LogP contribution in [0.3, 0.4) is 0 Å². The van der Waals surface area contributed by atoms with Crippen LogP contribution in [0.25, 0.3) is 32.7 Å². The summed E-state index contributed by atoms with van der Waals surface area (Å²) >= 11 is 0. The summed E-state index contributed by atoms with van der Waals surface area (Å²) in [5, 5.41) is 4.95. The molecule has 2 aliphatic carbocycles. The van der Waals surface area contributed by atoms with E-state index in [9.17, 15) is 0 Å². The van der Waals surface area contributed by atoms with E-state index in [1.54, 1.807) is 0 Å². The molecule has 2 atom stereocenters. The average Bonchev–Trinajstić information content (AvgIpc) is 3.15. The third kappa shape index (κ3) is 5.96. The number of hydrogen-bond donors (Lipinski definition) is 0. The topological polar surface area (TPSA) is 6.48 Å². The van der Waals surface area contributed by atoms with Gasteiger partial charge < -0.3 is 9.80 Å². The molecule has 0 spiro atoms. The van der Waals surface area contributed by atoms with Crippen LogP contribution in [0.5, 0.6) is 0 Å². The standard InChI is InChI=1S/C48H44N2/c1-33-14-23-39(24-15-33)49(40-25-16-34(2)17-26-40)47-43-12-8-9-13-44(43)48(46-32-38(22-31-45(46)47)37-10-6-5-7-11-37)50(41-27-18-35(3)19-28-41)42-29-20-36(4)21-30-42/h5-16,18-29,31-32,34,42H,17,30H2,1-4H3. The summed E-state index contributed by atoms with van der Waals surface area (Å²) in [5.74, 6) is 0.521. The molecular formula is C48H44N2. The summed E-state index contributed by atoms with van der Waals surface area (Å²) in [4.78, 5) is 5.10. The van der Waals surface area contributed by atoms with Gasteiger partial charge in [-0.3, -0.25) is 0 Å². The minimum absolute atomic E-state index is 0.165. The Balaban J connectivity index is 1.49. The Bertz CT molecular complexity index is 2300. The van der Waals surface area contributed by atoms with Gasteiger partial charge in [0.2, 0.25) is 0 Å². The van der Waals surface area contributed by atoms with E-state index in [1.165, 1.54) is 77.8 Å². The summed E-state index contributed by atoms with van der Waals surface area (Å²) in [5.41, 5.74) is 12.3. The molecule has 50 heavy (non-hydrogen) atoms.